The van der Waals surface area contributed by atoms with Gasteiger partial charge in [0.05, 0.1) is 13.2 Å². The summed E-state index contributed by atoms with van der Waals surface area (Å²) in [5.74, 6) is -0.117. The first-order chi connectivity index (χ1) is 12.0. The van der Waals surface area contributed by atoms with E-state index in [0.717, 1.165) is 13.1 Å². The molecule has 0 aliphatic carbocycles. The van der Waals surface area contributed by atoms with Gasteiger partial charge >= 0.3 is 0 Å². The maximum Gasteiger partial charge on any atom is 0.253 e. The van der Waals surface area contributed by atoms with Gasteiger partial charge < -0.3 is 9.64 Å². The quantitative estimate of drug-likeness (QED) is 0.774. The molecule has 1 aromatic carbocycles. The van der Waals surface area contributed by atoms with Gasteiger partial charge in [-0.25, -0.2) is 13.1 Å². The Morgan fingerprint density at radius 2 is 1.88 bits per heavy atom. The van der Waals surface area contributed by atoms with E-state index in [4.69, 9.17) is 4.74 Å². The summed E-state index contributed by atoms with van der Waals surface area (Å²) in [6.07, 6.45) is 0. The normalized spacial score (nSPS) is 20.9. The van der Waals surface area contributed by atoms with Gasteiger partial charge in [0.25, 0.3) is 5.91 Å². The van der Waals surface area contributed by atoms with Gasteiger partial charge in [-0.2, -0.15) is 0 Å². The highest BCUT2D eigenvalue weighted by atomic mass is 32.2. The third-order valence-corrected chi connectivity index (χ3v) is 6.59. The molecule has 0 spiro atoms. The average molecular weight is 367 g/mol. The molecule has 0 saturated carbocycles. The number of carbonyl (C=O) groups excluding carboxylic acids is 1. The van der Waals surface area contributed by atoms with Crippen molar-refractivity contribution in [3.63, 3.8) is 0 Å². The summed E-state index contributed by atoms with van der Waals surface area (Å²) in [6, 6.07) is 9.06. The van der Waals surface area contributed by atoms with E-state index in [0.29, 0.717) is 25.3 Å². The Morgan fingerprint density at radius 3 is 2.52 bits per heavy atom. The van der Waals surface area contributed by atoms with Crippen molar-refractivity contribution in [3.8, 4) is 0 Å². The number of amides is 1. The summed E-state index contributed by atoms with van der Waals surface area (Å²) in [7, 11) is -3.41. The third kappa shape index (κ3) is 4.38. The van der Waals surface area contributed by atoms with Crippen LogP contribution in [0.1, 0.15) is 17.3 Å². The largest absolute Gasteiger partial charge is 0.379 e. The minimum atomic E-state index is -3.41. The third-order valence-electron chi connectivity index (χ3n) is 4.84. The van der Waals surface area contributed by atoms with Crippen LogP contribution < -0.4 is 4.72 Å². The van der Waals surface area contributed by atoms with E-state index in [2.05, 4.69) is 9.62 Å². The van der Waals surface area contributed by atoms with Gasteiger partial charge in [-0.15, -0.1) is 0 Å². The fourth-order valence-electron chi connectivity index (χ4n) is 3.07. The molecule has 25 heavy (non-hydrogen) atoms. The molecular formula is C17H25N3O4S. The molecule has 2 heterocycles. The molecule has 0 radical (unpaired) electrons. The number of ether oxygens (including phenoxy) is 1. The number of morpholine rings is 1. The van der Waals surface area contributed by atoms with Crippen LogP contribution in [-0.4, -0.2) is 81.4 Å². The molecular weight excluding hydrogens is 342 g/mol. The van der Waals surface area contributed by atoms with E-state index >= 15 is 0 Å². The second-order valence-electron chi connectivity index (χ2n) is 6.59. The highest BCUT2D eigenvalue weighted by Crippen LogP contribution is 2.18. The van der Waals surface area contributed by atoms with Crippen molar-refractivity contribution >= 4 is 15.9 Å². The lowest BCUT2D eigenvalue weighted by molar-refractivity contribution is 0.0213. The SMILES string of the molecule is C[C@@H](CNS(=O)(=O)C1CN(C(=O)c2ccccc2)C1)N1CCOCC1. The molecule has 0 bridgehead atoms. The molecule has 2 aliphatic heterocycles. The Balaban J connectivity index is 1.47. The van der Waals surface area contributed by atoms with Crippen molar-refractivity contribution in [1.82, 2.24) is 14.5 Å². The van der Waals surface area contributed by atoms with Crippen molar-refractivity contribution in [2.45, 2.75) is 18.2 Å². The lowest BCUT2D eigenvalue weighted by Gasteiger charge is -2.39. The Bertz CT molecular complexity index is 683. The van der Waals surface area contributed by atoms with Crippen LogP contribution >= 0.6 is 0 Å². The van der Waals surface area contributed by atoms with E-state index in [1.54, 1.807) is 29.2 Å². The van der Waals surface area contributed by atoms with Crippen molar-refractivity contribution < 1.29 is 17.9 Å². The summed E-state index contributed by atoms with van der Waals surface area (Å²) in [4.78, 5) is 16.1. The van der Waals surface area contributed by atoms with Crippen molar-refractivity contribution in [2.24, 2.45) is 0 Å². The summed E-state index contributed by atoms with van der Waals surface area (Å²) in [6.45, 7) is 5.92. The lowest BCUT2D eigenvalue weighted by atomic mass is 10.1. The average Bonchev–Trinajstić information content (AvgIpc) is 2.59. The van der Waals surface area contributed by atoms with Gasteiger partial charge in [-0.1, -0.05) is 18.2 Å². The second-order valence-corrected chi connectivity index (χ2v) is 8.63. The maximum atomic E-state index is 12.4. The van der Waals surface area contributed by atoms with Crippen LogP contribution in [0.15, 0.2) is 30.3 Å². The number of sulfonamides is 1. The van der Waals surface area contributed by atoms with Crippen LogP contribution in [-0.2, 0) is 14.8 Å². The summed E-state index contributed by atoms with van der Waals surface area (Å²) in [5.41, 5.74) is 0.590. The first-order valence-corrected chi connectivity index (χ1v) is 10.2. The zero-order valence-electron chi connectivity index (χ0n) is 14.4. The maximum absolute atomic E-state index is 12.4. The van der Waals surface area contributed by atoms with Crippen LogP contribution in [0.25, 0.3) is 0 Å². The molecule has 7 nitrogen and oxygen atoms in total. The van der Waals surface area contributed by atoms with E-state index < -0.39 is 15.3 Å². The Hall–Kier alpha value is -1.48. The fraction of sp³-hybridized carbons (Fsp3) is 0.588. The van der Waals surface area contributed by atoms with Gasteiger partial charge in [-0.3, -0.25) is 9.69 Å². The van der Waals surface area contributed by atoms with E-state index in [9.17, 15) is 13.2 Å². The van der Waals surface area contributed by atoms with Crippen LogP contribution in [0.3, 0.4) is 0 Å². The van der Waals surface area contributed by atoms with E-state index in [1.807, 2.05) is 13.0 Å². The molecule has 3 rings (SSSR count). The number of rotatable bonds is 6. The van der Waals surface area contributed by atoms with Crippen LogP contribution in [0, 0.1) is 0 Å². The summed E-state index contributed by atoms with van der Waals surface area (Å²) < 4.78 is 32.8. The molecule has 0 aromatic heterocycles. The van der Waals surface area contributed by atoms with E-state index in [1.165, 1.54) is 0 Å². The van der Waals surface area contributed by atoms with Gasteiger partial charge in [0.15, 0.2) is 0 Å². The highest BCUT2D eigenvalue weighted by Gasteiger charge is 2.40. The first-order valence-electron chi connectivity index (χ1n) is 8.62. The number of nitrogens with zero attached hydrogens (tertiary/aromatic N) is 2. The Kier molecular flexibility index (Phi) is 5.73. The number of nitrogens with one attached hydrogen (secondary N) is 1. The van der Waals surface area contributed by atoms with Crippen molar-refractivity contribution in [2.75, 3.05) is 45.9 Å². The number of hydrogen-bond donors (Lipinski definition) is 1. The zero-order chi connectivity index (χ0) is 17.9. The van der Waals surface area contributed by atoms with Crippen molar-refractivity contribution in [1.29, 1.82) is 0 Å². The Morgan fingerprint density at radius 1 is 1.24 bits per heavy atom. The van der Waals surface area contributed by atoms with E-state index in [-0.39, 0.29) is 25.0 Å². The predicted octanol–water partition coefficient (Wildman–Crippen LogP) is 0.151. The van der Waals surface area contributed by atoms with Crippen LogP contribution in [0.5, 0.6) is 0 Å². The zero-order valence-corrected chi connectivity index (χ0v) is 15.2. The first kappa shape index (κ1) is 18.3. The topological polar surface area (TPSA) is 79.0 Å². The highest BCUT2D eigenvalue weighted by molar-refractivity contribution is 7.90. The van der Waals surface area contributed by atoms with Gasteiger partial charge in [0.2, 0.25) is 10.0 Å². The predicted molar refractivity (Wildman–Crippen MR) is 94.9 cm³/mol. The molecule has 1 aromatic rings. The van der Waals surface area contributed by atoms with Crippen LogP contribution in [0.2, 0.25) is 0 Å². The summed E-state index contributed by atoms with van der Waals surface area (Å²) >= 11 is 0. The number of carbonyl (C=O) groups is 1. The second kappa shape index (κ2) is 7.82. The van der Waals surface area contributed by atoms with Gasteiger partial charge in [0.1, 0.15) is 5.25 Å². The number of hydrogen-bond acceptors (Lipinski definition) is 5. The molecule has 2 fully saturated rings. The number of likely N-dealkylation sites (tertiary alicyclic amines) is 1. The molecule has 8 heteroatoms. The minimum Gasteiger partial charge on any atom is -0.379 e. The van der Waals surface area contributed by atoms with Gasteiger partial charge in [0, 0.05) is 44.3 Å². The number of benzene rings is 1. The van der Waals surface area contributed by atoms with Crippen molar-refractivity contribution in [3.05, 3.63) is 35.9 Å². The molecule has 2 saturated heterocycles. The van der Waals surface area contributed by atoms with Crippen LogP contribution in [0.4, 0.5) is 0 Å². The Labute approximate surface area is 149 Å². The fourth-order valence-corrected chi connectivity index (χ4v) is 4.53. The standard InChI is InChI=1S/C17H25N3O4S/c1-14(19-7-9-24-10-8-19)11-18-25(22,23)16-12-20(13-16)17(21)15-5-3-2-4-6-15/h2-6,14,16,18H,7-13H2,1H3/t14-/m0/s1. The minimum absolute atomic E-state index is 0.117. The summed E-state index contributed by atoms with van der Waals surface area (Å²) in [5, 5.41) is -0.531. The molecule has 0 unspecified atom stereocenters. The molecule has 1 atom stereocenters. The smallest absolute Gasteiger partial charge is 0.253 e. The van der Waals surface area contributed by atoms with Gasteiger partial charge in [-0.05, 0) is 19.1 Å². The monoisotopic (exact) mass is 367 g/mol. The molecule has 1 amide bonds. The lowest BCUT2D eigenvalue weighted by Crippen LogP contribution is -2.60. The molecule has 2 aliphatic rings. The molecule has 138 valence electrons. The molecule has 1 N–H and O–H groups in total.